The quantitative estimate of drug-likeness (QED) is 0.733. The second-order valence-electron chi connectivity index (χ2n) is 7.98. The Morgan fingerprint density at radius 3 is 2.38 bits per heavy atom. The fourth-order valence-electron chi connectivity index (χ4n) is 4.15. The van der Waals surface area contributed by atoms with Gasteiger partial charge in [0.1, 0.15) is 13.6 Å². The van der Waals surface area contributed by atoms with Crippen molar-refractivity contribution in [2.24, 2.45) is 5.92 Å². The number of rotatable bonds is 4. The normalized spacial score (nSPS) is 21.9. The van der Waals surface area contributed by atoms with Crippen molar-refractivity contribution >= 4 is 22.8 Å². The molecule has 1 aromatic rings. The number of hydrogen-bond acceptors (Lipinski definition) is 4. The Kier molecular flexibility index (Phi) is 15.7. The lowest BCUT2D eigenvalue weighted by Crippen LogP contribution is -2.51. The molecular weight excluding hydrogens is 379 g/mol. The fourth-order valence-corrected chi connectivity index (χ4v) is 4.15. The smallest absolute Gasteiger partial charge is 0.106 e. The van der Waals surface area contributed by atoms with Crippen LogP contribution in [0.1, 0.15) is 50.7 Å². The standard InChI is InChI=1S/C18H28N2.C4H9P.2CH2O/c1-14-5-3-4-6-15(14)10-12-20(2)18-8-7-17-13-16(18)9-11-19-17;1-4(2)3-5;2*1-2/h3-6,16-19H,7-13H2,1-2H3;3H,5H2,1-2H3;2*1H2. The number of carbonyl (C=O) groups is 2. The molecule has 1 saturated carbocycles. The first kappa shape index (κ1) is 27.6. The summed E-state index contributed by atoms with van der Waals surface area (Å²) in [5.41, 5.74) is 4.29. The monoisotopic (exact) mass is 420 g/mol. The van der Waals surface area contributed by atoms with Crippen molar-refractivity contribution in [3.63, 3.8) is 0 Å². The van der Waals surface area contributed by atoms with E-state index in [4.69, 9.17) is 9.59 Å². The Hall–Kier alpha value is -1.35. The van der Waals surface area contributed by atoms with Crippen molar-refractivity contribution in [2.75, 3.05) is 20.1 Å². The Balaban J connectivity index is 0.000000752. The van der Waals surface area contributed by atoms with Crippen molar-refractivity contribution < 1.29 is 9.59 Å². The average Bonchev–Trinajstić information content (AvgIpc) is 2.76. The molecule has 1 aliphatic heterocycles. The van der Waals surface area contributed by atoms with E-state index < -0.39 is 0 Å². The first-order chi connectivity index (χ1) is 14.0. The minimum Gasteiger partial charge on any atom is -0.314 e. The maximum Gasteiger partial charge on any atom is 0.106 e. The fraction of sp³-hybridized carbons (Fsp3) is 0.583. The van der Waals surface area contributed by atoms with Crippen LogP contribution in [0.15, 0.2) is 35.7 Å². The highest BCUT2D eigenvalue weighted by Gasteiger charge is 2.34. The number of piperidine rings is 1. The molecule has 164 valence electrons. The van der Waals surface area contributed by atoms with E-state index in [-0.39, 0.29) is 0 Å². The van der Waals surface area contributed by atoms with Crippen LogP contribution in [-0.4, -0.2) is 50.7 Å². The molecule has 4 unspecified atom stereocenters. The molecule has 1 heterocycles. The molecule has 0 aromatic heterocycles. The molecule has 2 aliphatic rings. The molecule has 1 N–H and O–H groups in total. The predicted octanol–water partition coefficient (Wildman–Crippen LogP) is 4.42. The van der Waals surface area contributed by atoms with E-state index in [0.717, 1.165) is 18.0 Å². The third-order valence-electron chi connectivity index (χ3n) is 5.79. The molecule has 29 heavy (non-hydrogen) atoms. The van der Waals surface area contributed by atoms with Gasteiger partial charge in [-0.3, -0.25) is 0 Å². The molecule has 4 atom stereocenters. The van der Waals surface area contributed by atoms with Gasteiger partial charge in [-0.1, -0.05) is 35.7 Å². The molecule has 0 radical (unpaired) electrons. The number of fused-ring (bicyclic) bond motifs is 2. The van der Waals surface area contributed by atoms with Gasteiger partial charge in [0, 0.05) is 18.6 Å². The summed E-state index contributed by atoms with van der Waals surface area (Å²) >= 11 is 0. The largest absolute Gasteiger partial charge is 0.314 e. The Bertz CT molecular complexity index is 588. The number of nitrogens with one attached hydrogen (secondary N) is 1. The van der Waals surface area contributed by atoms with Crippen LogP contribution in [0.3, 0.4) is 0 Å². The molecule has 2 fully saturated rings. The zero-order valence-corrected chi connectivity index (χ0v) is 20.0. The van der Waals surface area contributed by atoms with Gasteiger partial charge in [-0.25, -0.2) is 0 Å². The summed E-state index contributed by atoms with van der Waals surface area (Å²) in [6.45, 7) is 12.8. The Morgan fingerprint density at radius 2 is 1.79 bits per heavy atom. The second-order valence-corrected chi connectivity index (χ2v) is 8.31. The minimum absolute atomic E-state index is 0.815. The number of benzene rings is 1. The summed E-state index contributed by atoms with van der Waals surface area (Å²) in [4.78, 5) is 18.6. The number of nitrogens with zero attached hydrogens (tertiary/aromatic N) is 1. The van der Waals surface area contributed by atoms with Gasteiger partial charge in [-0.2, -0.15) is 0 Å². The first-order valence-corrected chi connectivity index (χ1v) is 11.1. The lowest BCUT2D eigenvalue weighted by Gasteiger charge is -2.44. The van der Waals surface area contributed by atoms with Gasteiger partial charge in [0.25, 0.3) is 0 Å². The van der Waals surface area contributed by atoms with Crippen molar-refractivity contribution in [3.05, 3.63) is 46.8 Å². The van der Waals surface area contributed by atoms with Gasteiger partial charge in [0.2, 0.25) is 0 Å². The Labute approximate surface area is 180 Å². The van der Waals surface area contributed by atoms with Gasteiger partial charge >= 0.3 is 0 Å². The lowest BCUT2D eigenvalue weighted by molar-refractivity contribution is -0.0987. The van der Waals surface area contributed by atoms with Crippen LogP contribution in [0.4, 0.5) is 0 Å². The van der Waals surface area contributed by atoms with Crippen LogP contribution < -0.4 is 5.32 Å². The molecule has 1 saturated heterocycles. The minimum atomic E-state index is 0.815. The van der Waals surface area contributed by atoms with Gasteiger partial charge in [0.15, 0.2) is 0 Å². The van der Waals surface area contributed by atoms with Crippen LogP contribution in [0.25, 0.3) is 0 Å². The molecule has 3 rings (SSSR count). The molecule has 1 aromatic carbocycles. The Morgan fingerprint density at radius 1 is 1.17 bits per heavy atom. The molecule has 0 amide bonds. The zero-order chi connectivity index (χ0) is 22.2. The zero-order valence-electron chi connectivity index (χ0n) is 18.8. The summed E-state index contributed by atoms with van der Waals surface area (Å²) in [5, 5.41) is 3.66. The van der Waals surface area contributed by atoms with Gasteiger partial charge in [-0.05, 0) is 83.5 Å². The third kappa shape index (κ3) is 10.3. The van der Waals surface area contributed by atoms with Gasteiger partial charge < -0.3 is 19.8 Å². The maximum absolute atomic E-state index is 8.00. The average molecular weight is 421 g/mol. The molecule has 0 spiro atoms. The van der Waals surface area contributed by atoms with Crippen molar-refractivity contribution in [1.82, 2.24) is 10.2 Å². The van der Waals surface area contributed by atoms with E-state index in [9.17, 15) is 0 Å². The number of likely N-dealkylation sites (N-methyl/N-ethyl adjacent to an activating group) is 1. The van der Waals surface area contributed by atoms with Crippen molar-refractivity contribution in [1.29, 1.82) is 0 Å². The van der Waals surface area contributed by atoms with E-state index in [0.29, 0.717) is 0 Å². The molecule has 2 bridgehead atoms. The number of hydrogen-bond donors (Lipinski definition) is 1. The van der Waals surface area contributed by atoms with Crippen LogP contribution >= 0.6 is 9.24 Å². The maximum atomic E-state index is 8.00. The topological polar surface area (TPSA) is 49.4 Å². The summed E-state index contributed by atoms with van der Waals surface area (Å²) in [6, 6.07) is 10.4. The van der Waals surface area contributed by atoms with E-state index in [1.54, 1.807) is 0 Å². The van der Waals surface area contributed by atoms with Crippen molar-refractivity contribution in [3.8, 4) is 0 Å². The summed E-state index contributed by atoms with van der Waals surface area (Å²) < 4.78 is 0. The molecule has 1 aliphatic carbocycles. The second kappa shape index (κ2) is 16.4. The third-order valence-corrected chi connectivity index (χ3v) is 6.45. The predicted molar refractivity (Wildman–Crippen MR) is 128 cm³/mol. The number of carbonyl (C=O) groups excluding carboxylic acids is 2. The van der Waals surface area contributed by atoms with E-state index >= 15 is 0 Å². The summed E-state index contributed by atoms with van der Waals surface area (Å²) in [5.74, 6) is 2.93. The van der Waals surface area contributed by atoms with Crippen molar-refractivity contribution in [2.45, 2.75) is 65.0 Å². The molecule has 5 heteroatoms. The van der Waals surface area contributed by atoms with Crippen LogP contribution in [0, 0.1) is 12.8 Å². The highest BCUT2D eigenvalue weighted by Crippen LogP contribution is 2.33. The van der Waals surface area contributed by atoms with E-state index in [1.807, 2.05) is 19.4 Å². The van der Waals surface area contributed by atoms with Crippen LogP contribution in [0.5, 0.6) is 0 Å². The highest BCUT2D eigenvalue weighted by atomic mass is 31.0. The first-order valence-electron chi connectivity index (χ1n) is 10.4. The van der Waals surface area contributed by atoms with Gasteiger partial charge in [0.05, 0.1) is 0 Å². The number of aryl methyl sites for hydroxylation is 1. The van der Waals surface area contributed by atoms with E-state index in [2.05, 4.69) is 71.5 Å². The molecular formula is C24H41N2O2P. The SMILES string of the molecule is C=O.C=O.CC(C)=CP.Cc1ccccc1CCN(C)C1CCC2CC1CCN2. The van der Waals surface area contributed by atoms with E-state index in [1.165, 1.54) is 61.9 Å². The summed E-state index contributed by atoms with van der Waals surface area (Å²) in [7, 11) is 4.87. The van der Waals surface area contributed by atoms with Crippen LogP contribution in [-0.2, 0) is 16.0 Å². The highest BCUT2D eigenvalue weighted by molar-refractivity contribution is 7.20. The number of allylic oxidation sites excluding steroid dienone is 1. The lowest BCUT2D eigenvalue weighted by atomic mass is 9.76. The van der Waals surface area contributed by atoms with Gasteiger partial charge in [-0.15, -0.1) is 9.24 Å². The van der Waals surface area contributed by atoms with Crippen LogP contribution in [0.2, 0.25) is 0 Å². The summed E-state index contributed by atoms with van der Waals surface area (Å²) in [6.07, 6.45) is 6.71. The molecule has 4 nitrogen and oxygen atoms in total.